The van der Waals surface area contributed by atoms with Gasteiger partial charge in [-0.25, -0.2) is 0 Å². The summed E-state index contributed by atoms with van der Waals surface area (Å²) in [6.07, 6.45) is 2.93. The highest BCUT2D eigenvalue weighted by molar-refractivity contribution is 5.97. The molecule has 0 bridgehead atoms. The van der Waals surface area contributed by atoms with Gasteiger partial charge < -0.3 is 15.8 Å². The highest BCUT2D eigenvalue weighted by atomic mass is 16.5. The number of anilines is 1. The molecule has 0 saturated carbocycles. The molecule has 0 aliphatic carbocycles. The number of ether oxygens (including phenoxy) is 1. The molecule has 0 fully saturated rings. The van der Waals surface area contributed by atoms with Crippen LogP contribution in [0.15, 0.2) is 24.3 Å². The van der Waals surface area contributed by atoms with Crippen LogP contribution in [0.2, 0.25) is 0 Å². The summed E-state index contributed by atoms with van der Waals surface area (Å²) in [4.78, 5) is 22.7. The molecule has 0 atom stereocenters. The number of rotatable bonds is 9. The van der Waals surface area contributed by atoms with Crippen LogP contribution in [0.4, 0.5) is 5.69 Å². The predicted molar refractivity (Wildman–Crippen MR) is 78.8 cm³/mol. The predicted octanol–water partition coefficient (Wildman–Crippen LogP) is 1.97. The standard InChI is InChI=1S/C15H22N2O3/c1-12(18)17-14-7-5-13(6-8-14)15(19)11-20-10-4-2-3-9-16/h5-8H,2-4,9-11,16H2,1H3,(H,17,18). The van der Waals surface area contributed by atoms with E-state index in [-0.39, 0.29) is 18.3 Å². The van der Waals surface area contributed by atoms with Gasteiger partial charge in [0.25, 0.3) is 0 Å². The Kier molecular flexibility index (Phi) is 7.54. The zero-order valence-electron chi connectivity index (χ0n) is 11.9. The number of nitrogens with two attached hydrogens (primary N) is 1. The van der Waals surface area contributed by atoms with Gasteiger partial charge in [0.1, 0.15) is 6.61 Å². The Labute approximate surface area is 119 Å². The zero-order chi connectivity index (χ0) is 14.8. The van der Waals surface area contributed by atoms with Crippen molar-refractivity contribution < 1.29 is 14.3 Å². The second kappa shape index (κ2) is 9.23. The molecule has 1 rings (SSSR count). The molecule has 1 aromatic rings. The fourth-order valence-electron chi connectivity index (χ4n) is 1.72. The Morgan fingerprint density at radius 2 is 1.85 bits per heavy atom. The maximum atomic E-state index is 11.8. The monoisotopic (exact) mass is 278 g/mol. The van der Waals surface area contributed by atoms with Crippen LogP contribution in [0, 0.1) is 0 Å². The molecule has 5 heteroatoms. The van der Waals surface area contributed by atoms with Gasteiger partial charge in [-0.3, -0.25) is 9.59 Å². The van der Waals surface area contributed by atoms with Gasteiger partial charge in [0.05, 0.1) is 0 Å². The van der Waals surface area contributed by atoms with Crippen molar-refractivity contribution in [2.24, 2.45) is 5.73 Å². The largest absolute Gasteiger partial charge is 0.373 e. The van der Waals surface area contributed by atoms with Crippen molar-refractivity contribution in [3.63, 3.8) is 0 Å². The zero-order valence-corrected chi connectivity index (χ0v) is 11.9. The number of benzene rings is 1. The normalized spacial score (nSPS) is 10.3. The van der Waals surface area contributed by atoms with E-state index in [1.165, 1.54) is 6.92 Å². The molecule has 0 radical (unpaired) electrons. The van der Waals surface area contributed by atoms with E-state index in [0.29, 0.717) is 24.4 Å². The van der Waals surface area contributed by atoms with Crippen molar-refractivity contribution in [2.45, 2.75) is 26.2 Å². The molecule has 0 aliphatic heterocycles. The van der Waals surface area contributed by atoms with Crippen molar-refractivity contribution in [1.82, 2.24) is 0 Å². The van der Waals surface area contributed by atoms with E-state index in [9.17, 15) is 9.59 Å². The minimum absolute atomic E-state index is 0.0572. The lowest BCUT2D eigenvalue weighted by atomic mass is 10.1. The Hall–Kier alpha value is -1.72. The SMILES string of the molecule is CC(=O)Nc1ccc(C(=O)COCCCCCN)cc1. The van der Waals surface area contributed by atoms with Crippen LogP contribution in [0.3, 0.4) is 0 Å². The minimum Gasteiger partial charge on any atom is -0.373 e. The molecule has 0 aromatic heterocycles. The molecule has 1 amide bonds. The lowest BCUT2D eigenvalue weighted by Gasteiger charge is -2.05. The van der Waals surface area contributed by atoms with Gasteiger partial charge in [0, 0.05) is 24.8 Å². The van der Waals surface area contributed by atoms with E-state index in [0.717, 1.165) is 19.3 Å². The summed E-state index contributed by atoms with van der Waals surface area (Å²) in [5.41, 5.74) is 6.65. The van der Waals surface area contributed by atoms with Gasteiger partial charge in [-0.2, -0.15) is 0 Å². The maximum Gasteiger partial charge on any atom is 0.221 e. The van der Waals surface area contributed by atoms with Crippen molar-refractivity contribution in [1.29, 1.82) is 0 Å². The summed E-state index contributed by atoms with van der Waals surface area (Å²) in [5.74, 6) is -0.192. The third-order valence-electron chi connectivity index (χ3n) is 2.75. The van der Waals surface area contributed by atoms with Gasteiger partial charge in [0.2, 0.25) is 5.91 Å². The Bertz CT molecular complexity index is 429. The van der Waals surface area contributed by atoms with Gasteiger partial charge in [-0.05, 0) is 50.1 Å². The number of carbonyl (C=O) groups is 2. The first-order chi connectivity index (χ1) is 9.63. The summed E-state index contributed by atoms with van der Waals surface area (Å²) < 4.78 is 5.33. The molecule has 0 aliphatic rings. The van der Waals surface area contributed by atoms with E-state index >= 15 is 0 Å². The molecule has 3 N–H and O–H groups in total. The molecule has 0 unspecified atom stereocenters. The highest BCUT2D eigenvalue weighted by Crippen LogP contribution is 2.10. The van der Waals surface area contributed by atoms with Crippen molar-refractivity contribution >= 4 is 17.4 Å². The smallest absolute Gasteiger partial charge is 0.221 e. The average molecular weight is 278 g/mol. The Balaban J connectivity index is 2.30. The number of Topliss-reactive ketones (excluding diaryl/α,β-unsaturated/α-hetero) is 1. The molecule has 0 saturated heterocycles. The second-order valence-electron chi connectivity index (χ2n) is 4.58. The molecule has 5 nitrogen and oxygen atoms in total. The fraction of sp³-hybridized carbons (Fsp3) is 0.467. The lowest BCUT2D eigenvalue weighted by Crippen LogP contribution is -2.11. The topological polar surface area (TPSA) is 81.4 Å². The third-order valence-corrected chi connectivity index (χ3v) is 2.75. The van der Waals surface area contributed by atoms with Crippen LogP contribution in [0.5, 0.6) is 0 Å². The fourth-order valence-corrected chi connectivity index (χ4v) is 1.72. The number of hydrogen-bond donors (Lipinski definition) is 2. The number of nitrogens with one attached hydrogen (secondary N) is 1. The number of hydrogen-bond acceptors (Lipinski definition) is 4. The third kappa shape index (κ3) is 6.45. The van der Waals surface area contributed by atoms with Crippen LogP contribution >= 0.6 is 0 Å². The molecular formula is C15H22N2O3. The van der Waals surface area contributed by atoms with E-state index in [1.807, 2.05) is 0 Å². The van der Waals surface area contributed by atoms with Crippen LogP contribution in [0.25, 0.3) is 0 Å². The van der Waals surface area contributed by atoms with E-state index in [4.69, 9.17) is 10.5 Å². The highest BCUT2D eigenvalue weighted by Gasteiger charge is 2.06. The number of amides is 1. The number of ketones is 1. The van der Waals surface area contributed by atoms with E-state index < -0.39 is 0 Å². The number of unbranched alkanes of at least 4 members (excludes halogenated alkanes) is 2. The van der Waals surface area contributed by atoms with Crippen LogP contribution in [-0.2, 0) is 9.53 Å². The Morgan fingerprint density at radius 3 is 2.45 bits per heavy atom. The van der Waals surface area contributed by atoms with Crippen molar-refractivity contribution in [3.05, 3.63) is 29.8 Å². The van der Waals surface area contributed by atoms with Crippen molar-refractivity contribution in [2.75, 3.05) is 25.1 Å². The number of carbonyl (C=O) groups excluding carboxylic acids is 2. The average Bonchev–Trinajstić information content (AvgIpc) is 2.42. The molecular weight excluding hydrogens is 256 g/mol. The molecule has 1 aromatic carbocycles. The summed E-state index contributed by atoms with van der Waals surface area (Å²) in [6, 6.07) is 6.78. The van der Waals surface area contributed by atoms with Crippen LogP contribution in [0.1, 0.15) is 36.5 Å². The molecule has 20 heavy (non-hydrogen) atoms. The van der Waals surface area contributed by atoms with Gasteiger partial charge in [-0.1, -0.05) is 0 Å². The molecule has 110 valence electrons. The maximum absolute atomic E-state index is 11.8. The minimum atomic E-state index is -0.134. The van der Waals surface area contributed by atoms with Crippen LogP contribution in [-0.4, -0.2) is 31.4 Å². The van der Waals surface area contributed by atoms with Crippen LogP contribution < -0.4 is 11.1 Å². The first kappa shape index (κ1) is 16.3. The second-order valence-corrected chi connectivity index (χ2v) is 4.58. The quantitative estimate of drug-likeness (QED) is 0.534. The van der Waals surface area contributed by atoms with E-state index in [1.54, 1.807) is 24.3 Å². The van der Waals surface area contributed by atoms with Gasteiger partial charge in [-0.15, -0.1) is 0 Å². The van der Waals surface area contributed by atoms with Gasteiger partial charge in [0.15, 0.2) is 5.78 Å². The first-order valence-electron chi connectivity index (χ1n) is 6.82. The lowest BCUT2D eigenvalue weighted by molar-refractivity contribution is -0.114. The Morgan fingerprint density at radius 1 is 1.15 bits per heavy atom. The van der Waals surface area contributed by atoms with E-state index in [2.05, 4.69) is 5.32 Å². The van der Waals surface area contributed by atoms with Crippen molar-refractivity contribution in [3.8, 4) is 0 Å². The summed E-state index contributed by atoms with van der Waals surface area (Å²) in [7, 11) is 0. The first-order valence-corrected chi connectivity index (χ1v) is 6.82. The summed E-state index contributed by atoms with van der Waals surface area (Å²) in [5, 5.41) is 2.65. The molecule has 0 spiro atoms. The molecule has 0 heterocycles. The summed E-state index contributed by atoms with van der Waals surface area (Å²) in [6.45, 7) is 2.80. The van der Waals surface area contributed by atoms with Gasteiger partial charge >= 0.3 is 0 Å². The summed E-state index contributed by atoms with van der Waals surface area (Å²) >= 11 is 0.